The molecule has 0 fully saturated rings. The van der Waals surface area contributed by atoms with E-state index in [1.54, 1.807) is 24.3 Å². The van der Waals surface area contributed by atoms with Gasteiger partial charge in [0.2, 0.25) is 0 Å². The fourth-order valence-corrected chi connectivity index (χ4v) is 1.72. The van der Waals surface area contributed by atoms with E-state index in [2.05, 4.69) is 10.2 Å². The van der Waals surface area contributed by atoms with Crippen molar-refractivity contribution in [3.63, 3.8) is 0 Å². The molecule has 0 unspecified atom stereocenters. The lowest BCUT2D eigenvalue weighted by atomic mass is 10.1. The molecule has 0 saturated carbocycles. The van der Waals surface area contributed by atoms with Gasteiger partial charge in [0.1, 0.15) is 0 Å². The van der Waals surface area contributed by atoms with E-state index >= 15 is 0 Å². The molecule has 86 valence electrons. The summed E-state index contributed by atoms with van der Waals surface area (Å²) in [6, 6.07) is 7.84. The van der Waals surface area contributed by atoms with Crippen LogP contribution in [-0.2, 0) is 0 Å². The maximum atomic E-state index is 12.1. The Bertz CT molecular complexity index is 569. The maximum absolute atomic E-state index is 12.1. The van der Waals surface area contributed by atoms with Gasteiger partial charge in [-0.05, 0) is 30.3 Å². The Kier molecular flexibility index (Phi) is 3.62. The largest absolute Gasteiger partial charge is 0.288 e. The zero-order valence-corrected chi connectivity index (χ0v) is 10.6. The lowest BCUT2D eigenvalue weighted by Gasteiger charge is -2.02. The number of halogens is 3. The Hall–Kier alpha value is -1.16. The molecule has 0 amide bonds. The van der Waals surface area contributed by atoms with Crippen LogP contribution in [-0.4, -0.2) is 16.0 Å². The van der Waals surface area contributed by atoms with Gasteiger partial charge in [0, 0.05) is 10.6 Å². The topological polar surface area (TPSA) is 42.9 Å². The van der Waals surface area contributed by atoms with Crippen LogP contribution in [0.15, 0.2) is 30.3 Å². The van der Waals surface area contributed by atoms with Crippen molar-refractivity contribution in [2.75, 3.05) is 0 Å². The standard InChI is InChI=1S/C11H5Cl3N2O/c12-7-3-1-6(2-4-7)10(17)8-5-9(13)15-16-11(8)14/h1-5H. The highest BCUT2D eigenvalue weighted by Crippen LogP contribution is 2.20. The fourth-order valence-electron chi connectivity index (χ4n) is 1.27. The van der Waals surface area contributed by atoms with Crippen molar-refractivity contribution >= 4 is 40.6 Å². The fraction of sp³-hybridized carbons (Fsp3) is 0. The van der Waals surface area contributed by atoms with Gasteiger partial charge in [-0.25, -0.2) is 0 Å². The Morgan fingerprint density at radius 2 is 1.65 bits per heavy atom. The molecule has 17 heavy (non-hydrogen) atoms. The summed E-state index contributed by atoms with van der Waals surface area (Å²) in [4.78, 5) is 12.1. The van der Waals surface area contributed by atoms with Gasteiger partial charge in [-0.15, -0.1) is 10.2 Å². The molecule has 0 N–H and O–H groups in total. The molecule has 2 rings (SSSR count). The smallest absolute Gasteiger partial charge is 0.196 e. The van der Waals surface area contributed by atoms with Gasteiger partial charge >= 0.3 is 0 Å². The summed E-state index contributed by atoms with van der Waals surface area (Å²) in [5.41, 5.74) is 0.675. The molecular formula is C11H5Cl3N2O. The highest BCUT2D eigenvalue weighted by atomic mass is 35.5. The predicted molar refractivity (Wildman–Crippen MR) is 66.9 cm³/mol. The molecule has 0 saturated heterocycles. The van der Waals surface area contributed by atoms with Crippen molar-refractivity contribution in [3.8, 4) is 0 Å². The van der Waals surface area contributed by atoms with Crippen LogP contribution in [0.5, 0.6) is 0 Å². The zero-order valence-electron chi connectivity index (χ0n) is 8.32. The minimum Gasteiger partial charge on any atom is -0.288 e. The van der Waals surface area contributed by atoms with Crippen LogP contribution in [0.3, 0.4) is 0 Å². The number of nitrogens with zero attached hydrogens (tertiary/aromatic N) is 2. The molecule has 0 aliphatic carbocycles. The summed E-state index contributed by atoms with van der Waals surface area (Å²) in [5.74, 6) is -0.275. The van der Waals surface area contributed by atoms with Crippen LogP contribution in [0.2, 0.25) is 15.3 Å². The number of carbonyl (C=O) groups is 1. The number of carbonyl (C=O) groups excluding carboxylic acids is 1. The van der Waals surface area contributed by atoms with Crippen molar-refractivity contribution in [1.82, 2.24) is 10.2 Å². The van der Waals surface area contributed by atoms with Gasteiger partial charge in [-0.1, -0.05) is 34.8 Å². The van der Waals surface area contributed by atoms with Crippen LogP contribution in [0, 0.1) is 0 Å². The van der Waals surface area contributed by atoms with E-state index in [1.165, 1.54) is 6.07 Å². The summed E-state index contributed by atoms with van der Waals surface area (Å²) in [7, 11) is 0. The molecule has 0 aliphatic rings. The van der Waals surface area contributed by atoms with E-state index < -0.39 is 0 Å². The van der Waals surface area contributed by atoms with Crippen LogP contribution >= 0.6 is 34.8 Å². The van der Waals surface area contributed by atoms with Gasteiger partial charge in [0.05, 0.1) is 5.56 Å². The quantitative estimate of drug-likeness (QED) is 0.792. The van der Waals surface area contributed by atoms with E-state index in [9.17, 15) is 4.79 Å². The highest BCUT2D eigenvalue weighted by molar-refractivity contribution is 6.35. The summed E-state index contributed by atoms with van der Waals surface area (Å²) < 4.78 is 0. The molecule has 2 aromatic rings. The molecule has 0 aliphatic heterocycles. The number of hydrogen-bond donors (Lipinski definition) is 0. The molecule has 1 heterocycles. The van der Waals surface area contributed by atoms with E-state index in [4.69, 9.17) is 34.8 Å². The van der Waals surface area contributed by atoms with Crippen LogP contribution in [0.1, 0.15) is 15.9 Å². The molecule has 3 nitrogen and oxygen atoms in total. The van der Waals surface area contributed by atoms with Crippen molar-refractivity contribution in [1.29, 1.82) is 0 Å². The molecule has 1 aromatic heterocycles. The van der Waals surface area contributed by atoms with Crippen LogP contribution in [0.4, 0.5) is 0 Å². The number of hydrogen-bond acceptors (Lipinski definition) is 3. The lowest BCUT2D eigenvalue weighted by Crippen LogP contribution is -2.04. The van der Waals surface area contributed by atoms with E-state index in [1.807, 2.05) is 0 Å². The molecule has 0 atom stereocenters. The first kappa shape index (κ1) is 12.3. The summed E-state index contributed by atoms with van der Waals surface area (Å²) in [5, 5.41) is 7.81. The number of ketones is 1. The van der Waals surface area contributed by atoms with Gasteiger partial charge < -0.3 is 0 Å². The summed E-state index contributed by atoms with van der Waals surface area (Å²) in [6.07, 6.45) is 0. The van der Waals surface area contributed by atoms with Crippen molar-refractivity contribution < 1.29 is 4.79 Å². The second kappa shape index (κ2) is 5.00. The van der Waals surface area contributed by atoms with E-state index in [-0.39, 0.29) is 21.7 Å². The second-order valence-electron chi connectivity index (χ2n) is 3.21. The SMILES string of the molecule is O=C(c1ccc(Cl)cc1)c1cc(Cl)nnc1Cl. The minimum absolute atomic E-state index is 0.0225. The van der Waals surface area contributed by atoms with Gasteiger partial charge in [-0.3, -0.25) is 4.79 Å². The lowest BCUT2D eigenvalue weighted by molar-refractivity contribution is 0.103. The zero-order chi connectivity index (χ0) is 12.4. The van der Waals surface area contributed by atoms with Crippen LogP contribution < -0.4 is 0 Å². The molecule has 1 aromatic carbocycles. The molecular weight excluding hydrogens is 282 g/mol. The van der Waals surface area contributed by atoms with Crippen LogP contribution in [0.25, 0.3) is 0 Å². The first-order valence-corrected chi connectivity index (χ1v) is 5.70. The Morgan fingerprint density at radius 1 is 1.00 bits per heavy atom. The molecule has 6 heteroatoms. The average molecular weight is 288 g/mol. The van der Waals surface area contributed by atoms with Crippen molar-refractivity contribution in [2.24, 2.45) is 0 Å². The first-order chi connectivity index (χ1) is 8.08. The third-order valence-electron chi connectivity index (χ3n) is 2.07. The summed E-state index contributed by atoms with van der Waals surface area (Å²) in [6.45, 7) is 0. The number of aromatic nitrogens is 2. The van der Waals surface area contributed by atoms with Crippen molar-refractivity contribution in [2.45, 2.75) is 0 Å². The molecule has 0 spiro atoms. The first-order valence-electron chi connectivity index (χ1n) is 4.57. The van der Waals surface area contributed by atoms with E-state index in [0.717, 1.165) is 0 Å². The van der Waals surface area contributed by atoms with Gasteiger partial charge in [-0.2, -0.15) is 0 Å². The molecule has 0 radical (unpaired) electrons. The Labute approximate surface area is 112 Å². The van der Waals surface area contributed by atoms with Gasteiger partial charge in [0.25, 0.3) is 0 Å². The number of benzene rings is 1. The van der Waals surface area contributed by atoms with E-state index in [0.29, 0.717) is 10.6 Å². The maximum Gasteiger partial charge on any atom is 0.196 e. The highest BCUT2D eigenvalue weighted by Gasteiger charge is 2.15. The Morgan fingerprint density at radius 3 is 2.29 bits per heavy atom. The van der Waals surface area contributed by atoms with Crippen molar-refractivity contribution in [3.05, 3.63) is 56.8 Å². The monoisotopic (exact) mass is 286 g/mol. The second-order valence-corrected chi connectivity index (χ2v) is 4.39. The number of rotatable bonds is 2. The minimum atomic E-state index is -0.275. The Balaban J connectivity index is 2.43. The summed E-state index contributed by atoms with van der Waals surface area (Å²) >= 11 is 17.2. The normalized spacial score (nSPS) is 10.3. The predicted octanol–water partition coefficient (Wildman–Crippen LogP) is 3.67. The molecule has 0 bridgehead atoms. The third-order valence-corrected chi connectivity index (χ3v) is 2.79. The third kappa shape index (κ3) is 2.75. The van der Waals surface area contributed by atoms with Gasteiger partial charge in [0.15, 0.2) is 16.1 Å². The average Bonchev–Trinajstić information content (AvgIpc) is 2.32.